The Morgan fingerprint density at radius 1 is 1.00 bits per heavy atom. The number of fused-ring (bicyclic) bond motifs is 1. The second kappa shape index (κ2) is 8.91. The molecule has 1 unspecified atom stereocenters. The maximum absolute atomic E-state index is 12.6. The zero-order valence-corrected chi connectivity index (χ0v) is 18.6. The van der Waals surface area contributed by atoms with Crippen molar-refractivity contribution >= 4 is 38.5 Å². The number of hydrogen-bond donors (Lipinski definition) is 2. The molecule has 3 aromatic rings. The maximum atomic E-state index is 12.6. The maximum Gasteiger partial charge on any atom is 0.341 e. The largest absolute Gasteiger partial charge is 0.449 e. The zero-order chi connectivity index (χ0) is 22.8. The minimum absolute atomic E-state index is 0.0923. The van der Waals surface area contributed by atoms with Crippen LogP contribution in [0, 0.1) is 0 Å². The molecular formula is C22H25N3O5S. The first-order chi connectivity index (χ1) is 14.6. The number of nitrogens with zero attached hydrogens (tertiary/aromatic N) is 1. The quantitative estimate of drug-likeness (QED) is 0.546. The van der Waals surface area contributed by atoms with Crippen LogP contribution in [0.25, 0.3) is 10.9 Å². The van der Waals surface area contributed by atoms with Gasteiger partial charge in [-0.05, 0) is 51.1 Å². The number of aryl methyl sites for hydroxylation is 1. The number of sulfonamides is 1. The van der Waals surface area contributed by atoms with Gasteiger partial charge in [0.15, 0.2) is 6.10 Å². The third-order valence-electron chi connectivity index (χ3n) is 4.59. The topological polar surface area (TPSA) is 107 Å². The van der Waals surface area contributed by atoms with Crippen LogP contribution in [0.4, 0.5) is 5.69 Å². The number of hydrogen-bond acceptors (Lipinski definition) is 5. The van der Waals surface area contributed by atoms with E-state index in [2.05, 4.69) is 10.0 Å². The molecule has 2 aromatic carbocycles. The highest BCUT2D eigenvalue weighted by Crippen LogP contribution is 2.22. The van der Waals surface area contributed by atoms with E-state index < -0.39 is 28.0 Å². The van der Waals surface area contributed by atoms with Crippen molar-refractivity contribution < 1.29 is 22.7 Å². The molecule has 0 aliphatic carbocycles. The van der Waals surface area contributed by atoms with E-state index in [9.17, 15) is 18.0 Å². The monoisotopic (exact) mass is 443 g/mol. The van der Waals surface area contributed by atoms with Gasteiger partial charge in [0, 0.05) is 35.9 Å². The molecule has 1 atom stereocenters. The van der Waals surface area contributed by atoms with E-state index in [0.717, 1.165) is 10.9 Å². The molecule has 2 N–H and O–H groups in total. The van der Waals surface area contributed by atoms with Crippen molar-refractivity contribution in [1.82, 2.24) is 9.29 Å². The molecule has 1 aromatic heterocycles. The summed E-state index contributed by atoms with van der Waals surface area (Å²) >= 11 is 0. The van der Waals surface area contributed by atoms with E-state index in [1.54, 1.807) is 20.0 Å². The van der Waals surface area contributed by atoms with E-state index >= 15 is 0 Å². The molecule has 8 nitrogen and oxygen atoms in total. The standard InChI is InChI=1S/C22H25N3O5S/c1-14(2)24-31(28,29)17-11-9-16(10-12-17)23-21(26)15(3)30-22(27)19-13-25(4)20-8-6-5-7-18(19)20/h5-15,24H,1-4H3,(H,23,26). The number of anilines is 1. The molecule has 0 fully saturated rings. The SMILES string of the molecule is CC(C)NS(=O)(=O)c1ccc(NC(=O)C(C)OC(=O)c2cn(C)c3ccccc23)cc1. The van der Waals surface area contributed by atoms with Gasteiger partial charge in [0.05, 0.1) is 10.5 Å². The molecule has 0 saturated carbocycles. The summed E-state index contributed by atoms with van der Waals surface area (Å²) in [5.74, 6) is -1.12. The highest BCUT2D eigenvalue weighted by molar-refractivity contribution is 7.89. The number of aromatic nitrogens is 1. The van der Waals surface area contributed by atoms with Crippen LogP contribution in [0.15, 0.2) is 59.6 Å². The highest BCUT2D eigenvalue weighted by Gasteiger charge is 2.22. The number of esters is 1. The first kappa shape index (κ1) is 22.5. The van der Waals surface area contributed by atoms with E-state index in [4.69, 9.17) is 4.74 Å². The number of benzene rings is 2. The number of carbonyl (C=O) groups excluding carboxylic acids is 2. The molecule has 3 rings (SSSR count). The van der Waals surface area contributed by atoms with E-state index in [0.29, 0.717) is 11.3 Å². The van der Waals surface area contributed by atoms with Crippen molar-refractivity contribution in [2.45, 2.75) is 37.8 Å². The van der Waals surface area contributed by atoms with Gasteiger partial charge in [0.25, 0.3) is 5.91 Å². The Labute approximate surface area is 181 Å². The number of para-hydroxylation sites is 1. The fraction of sp³-hybridized carbons (Fsp3) is 0.273. The van der Waals surface area contributed by atoms with Crippen molar-refractivity contribution in [3.05, 3.63) is 60.3 Å². The molecule has 0 radical (unpaired) electrons. The predicted octanol–water partition coefficient (Wildman–Crippen LogP) is 3.05. The van der Waals surface area contributed by atoms with Crippen molar-refractivity contribution in [3.63, 3.8) is 0 Å². The van der Waals surface area contributed by atoms with E-state index in [1.807, 2.05) is 35.9 Å². The number of nitrogens with one attached hydrogen (secondary N) is 2. The molecule has 164 valence electrons. The Kier molecular flexibility index (Phi) is 6.47. The number of carbonyl (C=O) groups is 2. The zero-order valence-electron chi connectivity index (χ0n) is 17.7. The Hall–Kier alpha value is -3.17. The summed E-state index contributed by atoms with van der Waals surface area (Å²) in [5.41, 5.74) is 1.65. The van der Waals surface area contributed by atoms with Gasteiger partial charge in [-0.15, -0.1) is 0 Å². The normalized spacial score (nSPS) is 12.7. The lowest BCUT2D eigenvalue weighted by molar-refractivity contribution is -0.123. The van der Waals surface area contributed by atoms with Gasteiger partial charge < -0.3 is 14.6 Å². The summed E-state index contributed by atoms with van der Waals surface area (Å²) in [6.07, 6.45) is 0.625. The van der Waals surface area contributed by atoms with Crippen molar-refractivity contribution in [2.75, 3.05) is 5.32 Å². The lowest BCUT2D eigenvalue weighted by atomic mass is 10.2. The third kappa shape index (κ3) is 5.12. The minimum atomic E-state index is -3.62. The Balaban J connectivity index is 1.66. The van der Waals surface area contributed by atoms with Crippen LogP contribution in [0.3, 0.4) is 0 Å². The molecular weight excluding hydrogens is 418 g/mol. The fourth-order valence-electron chi connectivity index (χ4n) is 3.12. The molecule has 0 aliphatic rings. The summed E-state index contributed by atoms with van der Waals surface area (Å²) in [6.45, 7) is 4.93. The highest BCUT2D eigenvalue weighted by atomic mass is 32.2. The molecule has 1 amide bonds. The van der Waals surface area contributed by atoms with Crippen molar-refractivity contribution in [2.24, 2.45) is 7.05 Å². The van der Waals surface area contributed by atoms with Crippen LogP contribution >= 0.6 is 0 Å². The van der Waals surface area contributed by atoms with Gasteiger partial charge in [0.1, 0.15) is 0 Å². The smallest absolute Gasteiger partial charge is 0.341 e. The lowest BCUT2D eigenvalue weighted by Crippen LogP contribution is -2.30. The summed E-state index contributed by atoms with van der Waals surface area (Å²) in [6, 6.07) is 12.9. The van der Waals surface area contributed by atoms with Gasteiger partial charge in [-0.3, -0.25) is 4.79 Å². The molecule has 9 heteroatoms. The first-order valence-electron chi connectivity index (χ1n) is 9.77. The van der Waals surface area contributed by atoms with Crippen LogP contribution in [-0.2, 0) is 26.6 Å². The van der Waals surface area contributed by atoms with E-state index in [-0.39, 0.29) is 10.9 Å². The summed E-state index contributed by atoms with van der Waals surface area (Å²) in [7, 11) is -1.79. The molecule has 1 heterocycles. The predicted molar refractivity (Wildman–Crippen MR) is 118 cm³/mol. The fourth-order valence-corrected chi connectivity index (χ4v) is 4.37. The second-order valence-electron chi connectivity index (χ2n) is 7.51. The average Bonchev–Trinajstić information content (AvgIpc) is 3.04. The van der Waals surface area contributed by atoms with Gasteiger partial charge in [0.2, 0.25) is 10.0 Å². The summed E-state index contributed by atoms with van der Waals surface area (Å²) in [5, 5.41) is 3.37. The lowest BCUT2D eigenvalue weighted by Gasteiger charge is -2.14. The summed E-state index contributed by atoms with van der Waals surface area (Å²) in [4.78, 5) is 25.1. The first-order valence-corrected chi connectivity index (χ1v) is 11.2. The van der Waals surface area contributed by atoms with Gasteiger partial charge in [-0.1, -0.05) is 18.2 Å². The average molecular weight is 444 g/mol. The van der Waals surface area contributed by atoms with Crippen LogP contribution in [-0.4, -0.2) is 37.0 Å². The second-order valence-corrected chi connectivity index (χ2v) is 9.22. The number of amides is 1. The molecule has 0 spiro atoms. The Morgan fingerprint density at radius 3 is 2.29 bits per heavy atom. The molecule has 0 saturated heterocycles. The van der Waals surface area contributed by atoms with Crippen LogP contribution in [0.1, 0.15) is 31.1 Å². The van der Waals surface area contributed by atoms with Crippen molar-refractivity contribution in [3.8, 4) is 0 Å². The molecule has 0 bridgehead atoms. The Morgan fingerprint density at radius 2 is 1.65 bits per heavy atom. The summed E-state index contributed by atoms with van der Waals surface area (Å²) < 4.78 is 34.0. The van der Waals surface area contributed by atoms with Crippen LogP contribution in [0.2, 0.25) is 0 Å². The van der Waals surface area contributed by atoms with Crippen LogP contribution < -0.4 is 10.0 Å². The molecule has 0 aliphatic heterocycles. The molecule has 31 heavy (non-hydrogen) atoms. The van der Waals surface area contributed by atoms with Gasteiger partial charge >= 0.3 is 5.97 Å². The number of rotatable bonds is 7. The third-order valence-corrected chi connectivity index (χ3v) is 6.27. The van der Waals surface area contributed by atoms with Gasteiger partial charge in [-0.2, -0.15) is 0 Å². The van der Waals surface area contributed by atoms with Crippen LogP contribution in [0.5, 0.6) is 0 Å². The Bertz CT molecular complexity index is 1210. The number of ether oxygens (including phenoxy) is 1. The minimum Gasteiger partial charge on any atom is -0.449 e. The van der Waals surface area contributed by atoms with E-state index in [1.165, 1.54) is 31.2 Å². The van der Waals surface area contributed by atoms with Gasteiger partial charge in [-0.25, -0.2) is 17.9 Å². The van der Waals surface area contributed by atoms with Crippen molar-refractivity contribution in [1.29, 1.82) is 0 Å².